The molecule has 110 valence electrons. The van der Waals surface area contributed by atoms with E-state index in [1.54, 1.807) is 0 Å². The molecule has 0 spiro atoms. The Bertz CT molecular complexity index is 542. The van der Waals surface area contributed by atoms with Gasteiger partial charge in [-0.25, -0.2) is 0 Å². The molecule has 2 nitrogen and oxygen atoms in total. The van der Waals surface area contributed by atoms with Gasteiger partial charge in [-0.2, -0.15) is 11.8 Å². The van der Waals surface area contributed by atoms with Gasteiger partial charge in [0.2, 0.25) is 0 Å². The lowest BCUT2D eigenvalue weighted by Crippen LogP contribution is -2.29. The minimum atomic E-state index is -0.00838. The van der Waals surface area contributed by atoms with Crippen LogP contribution < -0.4 is 5.32 Å². The maximum atomic E-state index is 12.3. The number of rotatable bonds is 7. The zero-order chi connectivity index (χ0) is 14.9. The van der Waals surface area contributed by atoms with Crippen molar-refractivity contribution in [3.8, 4) is 0 Å². The lowest BCUT2D eigenvalue weighted by Gasteiger charge is -2.19. The van der Waals surface area contributed by atoms with Crippen molar-refractivity contribution in [2.24, 2.45) is 0 Å². The van der Waals surface area contributed by atoms with Gasteiger partial charge in [0.05, 0.1) is 6.04 Å². The standard InChI is InChI=1S/C18H21NOS/c1-2-21-14-13-17(15-9-5-3-6-10-15)19-18(20)16-11-7-4-8-12-16/h3-12,17H,2,13-14H2,1H3,(H,19,20)/t17-/m0/s1. The highest BCUT2D eigenvalue weighted by Gasteiger charge is 2.15. The minimum Gasteiger partial charge on any atom is -0.345 e. The molecule has 0 saturated heterocycles. The van der Waals surface area contributed by atoms with E-state index in [-0.39, 0.29) is 11.9 Å². The molecule has 0 heterocycles. The number of carbonyl (C=O) groups excluding carboxylic acids is 1. The summed E-state index contributed by atoms with van der Waals surface area (Å²) in [6.45, 7) is 2.16. The number of thioether (sulfide) groups is 1. The van der Waals surface area contributed by atoms with Crippen LogP contribution in [-0.4, -0.2) is 17.4 Å². The minimum absolute atomic E-state index is 0.00838. The van der Waals surface area contributed by atoms with Crippen molar-refractivity contribution in [2.75, 3.05) is 11.5 Å². The second-order valence-corrected chi connectivity index (χ2v) is 6.18. The van der Waals surface area contributed by atoms with Crippen molar-refractivity contribution in [1.82, 2.24) is 5.32 Å². The number of amides is 1. The highest BCUT2D eigenvalue weighted by molar-refractivity contribution is 7.99. The van der Waals surface area contributed by atoms with Gasteiger partial charge >= 0.3 is 0 Å². The Morgan fingerprint density at radius 2 is 1.67 bits per heavy atom. The third kappa shape index (κ3) is 4.94. The summed E-state index contributed by atoms with van der Waals surface area (Å²) in [4.78, 5) is 12.3. The van der Waals surface area contributed by atoms with Gasteiger partial charge < -0.3 is 5.32 Å². The first-order valence-corrected chi connectivity index (χ1v) is 8.45. The largest absolute Gasteiger partial charge is 0.345 e. The van der Waals surface area contributed by atoms with Crippen molar-refractivity contribution in [2.45, 2.75) is 19.4 Å². The fourth-order valence-corrected chi connectivity index (χ4v) is 2.88. The molecular formula is C18H21NOS. The summed E-state index contributed by atoms with van der Waals surface area (Å²) in [6.07, 6.45) is 0.946. The van der Waals surface area contributed by atoms with Gasteiger partial charge in [0, 0.05) is 5.56 Å². The summed E-state index contributed by atoms with van der Waals surface area (Å²) in [5, 5.41) is 3.16. The molecule has 0 aliphatic rings. The van der Waals surface area contributed by atoms with Crippen LogP contribution in [0.4, 0.5) is 0 Å². The van der Waals surface area contributed by atoms with Crippen LogP contribution >= 0.6 is 11.8 Å². The van der Waals surface area contributed by atoms with Crippen molar-refractivity contribution in [3.05, 3.63) is 71.8 Å². The zero-order valence-corrected chi connectivity index (χ0v) is 13.1. The van der Waals surface area contributed by atoms with Gasteiger partial charge in [0.1, 0.15) is 0 Å². The summed E-state index contributed by atoms with van der Waals surface area (Å²) >= 11 is 1.90. The molecule has 1 N–H and O–H groups in total. The van der Waals surface area contributed by atoms with Gasteiger partial charge in [-0.1, -0.05) is 55.5 Å². The molecule has 0 aromatic heterocycles. The second kappa shape index (κ2) is 8.53. The molecule has 0 radical (unpaired) electrons. The SMILES string of the molecule is CCSCC[C@H](NC(=O)c1ccccc1)c1ccccc1. The average Bonchev–Trinajstić information content (AvgIpc) is 2.55. The molecule has 1 amide bonds. The topological polar surface area (TPSA) is 29.1 Å². The monoisotopic (exact) mass is 299 g/mol. The van der Waals surface area contributed by atoms with Crippen LogP contribution in [0.5, 0.6) is 0 Å². The molecule has 0 bridgehead atoms. The lowest BCUT2D eigenvalue weighted by atomic mass is 10.0. The summed E-state index contributed by atoms with van der Waals surface area (Å²) in [6, 6.07) is 19.6. The lowest BCUT2D eigenvalue weighted by molar-refractivity contribution is 0.0936. The quantitative estimate of drug-likeness (QED) is 0.772. The van der Waals surface area contributed by atoms with E-state index in [2.05, 4.69) is 24.4 Å². The molecule has 2 aromatic carbocycles. The van der Waals surface area contributed by atoms with Crippen LogP contribution in [0.3, 0.4) is 0 Å². The van der Waals surface area contributed by atoms with E-state index in [1.165, 1.54) is 5.56 Å². The Morgan fingerprint density at radius 1 is 1.05 bits per heavy atom. The van der Waals surface area contributed by atoms with E-state index in [9.17, 15) is 4.79 Å². The maximum Gasteiger partial charge on any atom is 0.251 e. The van der Waals surface area contributed by atoms with Crippen LogP contribution in [0, 0.1) is 0 Å². The molecule has 0 unspecified atom stereocenters. The third-order valence-corrected chi connectivity index (χ3v) is 4.23. The Balaban J connectivity index is 2.07. The maximum absolute atomic E-state index is 12.3. The van der Waals surface area contributed by atoms with Gasteiger partial charge in [-0.3, -0.25) is 4.79 Å². The Morgan fingerprint density at radius 3 is 2.29 bits per heavy atom. The van der Waals surface area contributed by atoms with Crippen molar-refractivity contribution in [3.63, 3.8) is 0 Å². The molecule has 2 aromatic rings. The highest BCUT2D eigenvalue weighted by atomic mass is 32.2. The first-order chi connectivity index (χ1) is 10.3. The number of nitrogens with one attached hydrogen (secondary N) is 1. The van der Waals surface area contributed by atoms with Crippen LogP contribution in [0.25, 0.3) is 0 Å². The Hall–Kier alpha value is -1.74. The highest BCUT2D eigenvalue weighted by Crippen LogP contribution is 2.19. The molecule has 0 aliphatic heterocycles. The van der Waals surface area contributed by atoms with Crippen LogP contribution in [0.2, 0.25) is 0 Å². The van der Waals surface area contributed by atoms with Crippen LogP contribution in [0.15, 0.2) is 60.7 Å². The molecule has 2 rings (SSSR count). The number of benzene rings is 2. The molecular weight excluding hydrogens is 278 g/mol. The van der Waals surface area contributed by atoms with Gasteiger partial charge in [0.15, 0.2) is 0 Å². The van der Waals surface area contributed by atoms with Gasteiger partial charge in [-0.05, 0) is 35.6 Å². The molecule has 1 atom stereocenters. The summed E-state index contributed by atoms with van der Waals surface area (Å²) in [7, 11) is 0. The predicted molar refractivity (Wildman–Crippen MR) is 90.7 cm³/mol. The Kier molecular flexibility index (Phi) is 6.35. The summed E-state index contributed by atoms with van der Waals surface area (Å²) in [5.41, 5.74) is 1.88. The first kappa shape index (κ1) is 15.6. The van der Waals surface area contributed by atoms with E-state index in [0.717, 1.165) is 17.9 Å². The fourth-order valence-electron chi connectivity index (χ4n) is 2.18. The predicted octanol–water partition coefficient (Wildman–Crippen LogP) is 4.30. The smallest absolute Gasteiger partial charge is 0.251 e. The number of hydrogen-bond acceptors (Lipinski definition) is 2. The van der Waals surface area contributed by atoms with Crippen molar-refractivity contribution < 1.29 is 4.79 Å². The van der Waals surface area contributed by atoms with E-state index in [4.69, 9.17) is 0 Å². The summed E-state index contributed by atoms with van der Waals surface area (Å²) in [5.74, 6) is 2.14. The Labute approximate surface area is 131 Å². The molecule has 0 fully saturated rings. The molecule has 0 saturated carbocycles. The number of carbonyl (C=O) groups is 1. The van der Waals surface area contributed by atoms with E-state index >= 15 is 0 Å². The van der Waals surface area contributed by atoms with Crippen LogP contribution in [-0.2, 0) is 0 Å². The van der Waals surface area contributed by atoms with Gasteiger partial charge in [0.25, 0.3) is 5.91 Å². The van der Waals surface area contributed by atoms with E-state index in [0.29, 0.717) is 5.56 Å². The molecule has 0 aliphatic carbocycles. The normalized spacial score (nSPS) is 11.9. The fraction of sp³-hybridized carbons (Fsp3) is 0.278. The van der Waals surface area contributed by atoms with Gasteiger partial charge in [-0.15, -0.1) is 0 Å². The zero-order valence-electron chi connectivity index (χ0n) is 12.3. The molecule has 3 heteroatoms. The van der Waals surface area contributed by atoms with E-state index < -0.39 is 0 Å². The summed E-state index contributed by atoms with van der Waals surface area (Å²) < 4.78 is 0. The average molecular weight is 299 g/mol. The third-order valence-electron chi connectivity index (χ3n) is 3.30. The van der Waals surface area contributed by atoms with Crippen molar-refractivity contribution >= 4 is 17.7 Å². The second-order valence-electron chi connectivity index (χ2n) is 4.79. The van der Waals surface area contributed by atoms with Crippen molar-refractivity contribution in [1.29, 1.82) is 0 Å². The molecule has 21 heavy (non-hydrogen) atoms. The van der Waals surface area contributed by atoms with E-state index in [1.807, 2.05) is 60.3 Å². The number of hydrogen-bond donors (Lipinski definition) is 1. The first-order valence-electron chi connectivity index (χ1n) is 7.30. The van der Waals surface area contributed by atoms with Crippen LogP contribution in [0.1, 0.15) is 35.3 Å².